The third-order valence-electron chi connectivity index (χ3n) is 2.79. The van der Waals surface area contributed by atoms with Crippen LogP contribution < -0.4 is 5.32 Å². The summed E-state index contributed by atoms with van der Waals surface area (Å²) in [6.45, 7) is 5.57. The van der Waals surface area contributed by atoms with Crippen LogP contribution in [-0.4, -0.2) is 57.0 Å². The number of nitrogens with one attached hydrogen (secondary N) is 1. The van der Waals surface area contributed by atoms with Crippen molar-refractivity contribution >= 4 is 27.2 Å². The summed E-state index contributed by atoms with van der Waals surface area (Å²) in [4.78, 5) is 25.4. The zero-order valence-corrected chi connectivity index (χ0v) is 12.2. The maximum absolute atomic E-state index is 12.0. The van der Waals surface area contributed by atoms with E-state index in [1.54, 1.807) is 18.7 Å². The number of nitrogens with zero attached hydrogens (tertiary/aromatic N) is 2. The van der Waals surface area contributed by atoms with Crippen LogP contribution in [0.15, 0.2) is 0 Å². The zero-order chi connectivity index (χ0) is 14.6. The van der Waals surface area contributed by atoms with E-state index in [0.717, 1.165) is 0 Å². The van der Waals surface area contributed by atoms with Crippen molar-refractivity contribution in [2.75, 3.05) is 24.8 Å². The van der Waals surface area contributed by atoms with Gasteiger partial charge >= 0.3 is 0 Å². The Labute approximate surface area is 115 Å². The molecule has 1 rings (SSSR count). The Morgan fingerprint density at radius 2 is 2.26 bits per heavy atom. The molecule has 7 heteroatoms. The highest BCUT2D eigenvalue weighted by molar-refractivity contribution is 8.18. The van der Waals surface area contributed by atoms with Gasteiger partial charge in [0.05, 0.1) is 23.8 Å². The zero-order valence-electron chi connectivity index (χ0n) is 11.4. The molecule has 1 aliphatic rings. The molecule has 1 heterocycles. The third kappa shape index (κ3) is 3.78. The summed E-state index contributed by atoms with van der Waals surface area (Å²) in [6.07, 6.45) is 0. The van der Waals surface area contributed by atoms with Crippen molar-refractivity contribution in [2.24, 2.45) is 0 Å². The number of hydrogen-bond donors (Lipinski definition) is 2. The van der Waals surface area contributed by atoms with E-state index in [1.165, 1.54) is 0 Å². The van der Waals surface area contributed by atoms with Gasteiger partial charge in [-0.25, -0.2) is 0 Å². The fraction of sp³-hybridized carbons (Fsp3) is 0.667. The Hall–Kier alpha value is -1.39. The first kappa shape index (κ1) is 15.7. The molecule has 106 valence electrons. The average molecular weight is 285 g/mol. The van der Waals surface area contributed by atoms with Crippen LogP contribution in [0.3, 0.4) is 0 Å². The molecule has 2 amide bonds. The molecule has 0 aromatic heterocycles. The number of carbonyl (C=O) groups excluding carboxylic acids is 2. The third-order valence-corrected chi connectivity index (χ3v) is 4.86. The van der Waals surface area contributed by atoms with Crippen LogP contribution in [0.1, 0.15) is 20.8 Å². The first-order valence-corrected chi connectivity index (χ1v) is 7.56. The van der Waals surface area contributed by atoms with E-state index in [-0.39, 0.29) is 23.1 Å². The van der Waals surface area contributed by atoms with Crippen molar-refractivity contribution in [3.63, 3.8) is 0 Å². The second-order valence-electron chi connectivity index (χ2n) is 4.95. The van der Waals surface area contributed by atoms with E-state index in [0.29, 0.717) is 12.4 Å². The van der Waals surface area contributed by atoms with E-state index < -0.39 is 21.9 Å². The monoisotopic (exact) mass is 285 g/mol. The van der Waals surface area contributed by atoms with Gasteiger partial charge in [0.1, 0.15) is 10.9 Å². The SMILES string of the molecule is CCN1C/S(=C(\C#N)C(=O)NC(C)(C)CO)CC1=O. The molecule has 0 radical (unpaired) electrons. The van der Waals surface area contributed by atoms with Crippen LogP contribution >= 0.6 is 10.5 Å². The molecule has 1 atom stereocenters. The number of aliphatic hydroxyl groups is 1. The Morgan fingerprint density at radius 3 is 2.68 bits per heavy atom. The van der Waals surface area contributed by atoms with Gasteiger partial charge in [-0.05, 0) is 20.8 Å². The topological polar surface area (TPSA) is 93.4 Å². The van der Waals surface area contributed by atoms with Crippen molar-refractivity contribution in [1.82, 2.24) is 10.2 Å². The maximum Gasteiger partial charge on any atom is 0.268 e. The predicted molar refractivity (Wildman–Crippen MR) is 74.6 cm³/mol. The van der Waals surface area contributed by atoms with Gasteiger partial charge in [-0.1, -0.05) is 0 Å². The van der Waals surface area contributed by atoms with E-state index >= 15 is 0 Å². The lowest BCUT2D eigenvalue weighted by Crippen LogP contribution is -2.48. The second kappa shape index (κ2) is 6.17. The number of amides is 2. The van der Waals surface area contributed by atoms with Crippen LogP contribution in [0.5, 0.6) is 0 Å². The van der Waals surface area contributed by atoms with E-state index in [9.17, 15) is 9.59 Å². The van der Waals surface area contributed by atoms with Gasteiger partial charge in [-0.15, -0.1) is 10.5 Å². The molecule has 2 N–H and O–H groups in total. The van der Waals surface area contributed by atoms with Crippen LogP contribution in [0.4, 0.5) is 0 Å². The largest absolute Gasteiger partial charge is 0.394 e. The molecular weight excluding hydrogens is 266 g/mol. The summed E-state index contributed by atoms with van der Waals surface area (Å²) < 4.78 is 0. The lowest BCUT2D eigenvalue weighted by atomic mass is 10.1. The summed E-state index contributed by atoms with van der Waals surface area (Å²) in [6, 6.07) is 1.91. The molecule has 19 heavy (non-hydrogen) atoms. The standard InChI is InChI=1S/C12H19N3O3S/c1-4-15-8-19(6-10(15)17)9(5-13)11(18)14-12(2,3)7-16/h16H,4,6-8H2,1-3H3,(H,14,18). The van der Waals surface area contributed by atoms with Gasteiger partial charge in [0, 0.05) is 6.54 Å². The van der Waals surface area contributed by atoms with Gasteiger partial charge in [-0.3, -0.25) is 9.59 Å². The van der Waals surface area contributed by atoms with Gasteiger partial charge in [0.15, 0.2) is 0 Å². The molecular formula is C12H19N3O3S. The number of nitriles is 1. The van der Waals surface area contributed by atoms with Crippen molar-refractivity contribution in [3.8, 4) is 6.07 Å². The molecule has 0 aromatic rings. The molecule has 0 saturated carbocycles. The highest BCUT2D eigenvalue weighted by Gasteiger charge is 2.29. The summed E-state index contributed by atoms with van der Waals surface area (Å²) in [5.74, 6) is 0.151. The minimum atomic E-state index is -0.781. The Morgan fingerprint density at radius 1 is 1.63 bits per heavy atom. The summed E-state index contributed by atoms with van der Waals surface area (Å²) >= 11 is 0. The van der Waals surface area contributed by atoms with Gasteiger partial charge < -0.3 is 15.3 Å². The highest BCUT2D eigenvalue weighted by atomic mass is 32.2. The molecule has 0 aromatic carbocycles. The second-order valence-corrected chi connectivity index (χ2v) is 6.89. The predicted octanol–water partition coefficient (Wildman–Crippen LogP) is -0.342. The molecule has 0 aliphatic carbocycles. The van der Waals surface area contributed by atoms with Crippen molar-refractivity contribution in [2.45, 2.75) is 26.3 Å². The Bertz CT molecular complexity index is 465. The molecule has 6 nitrogen and oxygen atoms in total. The average Bonchev–Trinajstić information content (AvgIpc) is 2.70. The molecule has 1 unspecified atom stereocenters. The van der Waals surface area contributed by atoms with Gasteiger partial charge in [0.2, 0.25) is 5.91 Å². The van der Waals surface area contributed by atoms with Crippen LogP contribution in [-0.2, 0) is 9.59 Å². The quantitative estimate of drug-likeness (QED) is 0.691. The molecule has 0 spiro atoms. The minimum absolute atomic E-state index is 0.0206. The molecule has 1 fully saturated rings. The van der Waals surface area contributed by atoms with Crippen LogP contribution in [0.25, 0.3) is 0 Å². The number of carbonyl (C=O) groups is 2. The van der Waals surface area contributed by atoms with E-state index in [4.69, 9.17) is 10.4 Å². The fourth-order valence-electron chi connectivity index (χ4n) is 1.60. The normalized spacial score (nSPS) is 20.2. The van der Waals surface area contributed by atoms with Crippen molar-refractivity contribution in [1.29, 1.82) is 5.26 Å². The van der Waals surface area contributed by atoms with Gasteiger partial charge in [0.25, 0.3) is 5.91 Å². The Kier molecular flexibility index (Phi) is 5.09. The lowest BCUT2D eigenvalue weighted by Gasteiger charge is -2.23. The first-order valence-electron chi connectivity index (χ1n) is 6.00. The van der Waals surface area contributed by atoms with Crippen molar-refractivity contribution < 1.29 is 14.7 Å². The van der Waals surface area contributed by atoms with Crippen LogP contribution in [0.2, 0.25) is 0 Å². The minimum Gasteiger partial charge on any atom is -0.394 e. The highest BCUT2D eigenvalue weighted by Crippen LogP contribution is 2.25. The number of hydrogen-bond acceptors (Lipinski definition) is 4. The summed E-state index contributed by atoms with van der Waals surface area (Å²) in [7, 11) is -0.654. The van der Waals surface area contributed by atoms with E-state index in [2.05, 4.69) is 5.32 Å². The van der Waals surface area contributed by atoms with Crippen molar-refractivity contribution in [3.05, 3.63) is 0 Å². The van der Waals surface area contributed by atoms with E-state index in [1.807, 2.05) is 13.0 Å². The Balaban J connectivity index is 2.93. The van der Waals surface area contributed by atoms with Gasteiger partial charge in [-0.2, -0.15) is 5.26 Å². The van der Waals surface area contributed by atoms with Crippen LogP contribution in [0, 0.1) is 11.3 Å². The summed E-state index contributed by atoms with van der Waals surface area (Å²) in [5.41, 5.74) is -0.781. The fourth-order valence-corrected chi connectivity index (χ4v) is 3.59. The lowest BCUT2D eigenvalue weighted by molar-refractivity contribution is -0.126. The molecule has 0 bridgehead atoms. The smallest absolute Gasteiger partial charge is 0.268 e. The summed E-state index contributed by atoms with van der Waals surface area (Å²) in [5, 5.41) is 20.9. The number of aliphatic hydroxyl groups excluding tert-OH is 1. The molecule has 1 aliphatic heterocycles. The first-order chi connectivity index (χ1) is 8.84. The number of rotatable bonds is 4. The maximum atomic E-state index is 12.0. The molecule has 1 saturated heterocycles.